The highest BCUT2D eigenvalue weighted by molar-refractivity contribution is 5.71. The predicted octanol–water partition coefficient (Wildman–Crippen LogP) is -0.169. The normalized spacial score (nSPS) is 14.2. The van der Waals surface area contributed by atoms with E-state index in [0.717, 1.165) is 0 Å². The van der Waals surface area contributed by atoms with Gasteiger partial charge in [0.2, 0.25) is 0 Å². The Labute approximate surface area is 72.4 Å². The van der Waals surface area contributed by atoms with Crippen molar-refractivity contribution in [3.8, 4) is 0 Å². The molecule has 0 aromatic rings. The van der Waals surface area contributed by atoms with Crippen LogP contribution in [0.3, 0.4) is 0 Å². The van der Waals surface area contributed by atoms with Crippen molar-refractivity contribution in [2.45, 2.75) is 6.18 Å². The van der Waals surface area contributed by atoms with Gasteiger partial charge in [0, 0.05) is 13.1 Å². The van der Waals surface area contributed by atoms with Gasteiger partial charge in [-0.3, -0.25) is 4.79 Å². The maximum absolute atomic E-state index is 11.9. The van der Waals surface area contributed by atoms with Crippen LogP contribution in [-0.2, 0) is 4.79 Å². The number of carboxylic acid groups (broad SMARTS) is 1. The smallest absolute Gasteiger partial charge is 0.403 e. The Morgan fingerprint density at radius 3 is 2.31 bits per heavy atom. The van der Waals surface area contributed by atoms with Crippen LogP contribution >= 0.6 is 0 Å². The van der Waals surface area contributed by atoms with Gasteiger partial charge >= 0.3 is 12.1 Å². The number of hydrogen-bond donors (Lipinski definition) is 3. The summed E-state index contributed by atoms with van der Waals surface area (Å²) >= 11 is 0. The summed E-state index contributed by atoms with van der Waals surface area (Å²) in [7, 11) is 0. The van der Waals surface area contributed by atoms with Crippen LogP contribution in [0.1, 0.15) is 0 Å². The van der Waals surface area contributed by atoms with E-state index in [4.69, 9.17) is 10.2 Å². The first-order valence-electron chi connectivity index (χ1n) is 3.50. The lowest BCUT2D eigenvalue weighted by molar-refractivity contribution is -0.192. The number of aliphatic carboxylic acids is 1. The number of hydrogen-bond acceptors (Lipinski definition) is 3. The average Bonchev–Trinajstić information content (AvgIpc) is 1.94. The van der Waals surface area contributed by atoms with E-state index in [9.17, 15) is 18.0 Å². The quantitative estimate of drug-likeness (QED) is 0.540. The Kier molecular flexibility index (Phi) is 4.71. The molecule has 0 saturated heterocycles. The van der Waals surface area contributed by atoms with Gasteiger partial charge in [-0.25, -0.2) is 0 Å². The molecular weight excluding hydrogens is 191 g/mol. The monoisotopic (exact) mass is 201 g/mol. The zero-order valence-electron chi connectivity index (χ0n) is 6.64. The van der Waals surface area contributed by atoms with Crippen LogP contribution in [0, 0.1) is 5.92 Å². The Hall–Kier alpha value is -0.820. The molecule has 1 unspecified atom stereocenters. The molecule has 3 N–H and O–H groups in total. The molecule has 0 aliphatic heterocycles. The van der Waals surface area contributed by atoms with Gasteiger partial charge in [0.05, 0.1) is 6.61 Å². The summed E-state index contributed by atoms with van der Waals surface area (Å²) in [6, 6.07) is 0. The third kappa shape index (κ3) is 4.69. The van der Waals surface area contributed by atoms with Crippen molar-refractivity contribution in [1.29, 1.82) is 0 Å². The fourth-order valence-electron chi connectivity index (χ4n) is 0.669. The van der Waals surface area contributed by atoms with Gasteiger partial charge in [-0.2, -0.15) is 13.2 Å². The van der Waals surface area contributed by atoms with Crippen LogP contribution in [-0.4, -0.2) is 42.1 Å². The molecule has 0 spiro atoms. The van der Waals surface area contributed by atoms with E-state index >= 15 is 0 Å². The second-order valence-corrected chi connectivity index (χ2v) is 2.36. The Bertz CT molecular complexity index is 171. The Balaban J connectivity index is 4.04. The molecule has 0 aromatic heterocycles. The van der Waals surface area contributed by atoms with E-state index in [1.54, 1.807) is 0 Å². The van der Waals surface area contributed by atoms with E-state index in [0.29, 0.717) is 0 Å². The number of alkyl halides is 3. The molecule has 0 saturated carbocycles. The minimum Gasteiger partial charge on any atom is -0.481 e. The predicted molar refractivity (Wildman–Crippen MR) is 37.1 cm³/mol. The number of halogens is 3. The molecule has 0 radical (unpaired) electrons. The number of carboxylic acids is 1. The van der Waals surface area contributed by atoms with Crippen LogP contribution < -0.4 is 5.32 Å². The number of nitrogens with one attached hydrogen (secondary N) is 1. The van der Waals surface area contributed by atoms with E-state index < -0.39 is 24.6 Å². The van der Waals surface area contributed by atoms with Gasteiger partial charge in [0.25, 0.3) is 0 Å². The van der Waals surface area contributed by atoms with Gasteiger partial charge in [0.15, 0.2) is 5.92 Å². The summed E-state index contributed by atoms with van der Waals surface area (Å²) in [5.74, 6) is -4.34. The summed E-state index contributed by atoms with van der Waals surface area (Å²) < 4.78 is 35.7. The van der Waals surface area contributed by atoms with Crippen molar-refractivity contribution < 1.29 is 28.2 Å². The SMILES string of the molecule is O=C(O)C(CNCCO)C(F)(F)F. The number of rotatable bonds is 5. The lowest BCUT2D eigenvalue weighted by Crippen LogP contribution is -2.39. The van der Waals surface area contributed by atoms with Gasteiger partial charge in [-0.15, -0.1) is 0 Å². The molecule has 78 valence electrons. The van der Waals surface area contributed by atoms with E-state index in [1.165, 1.54) is 0 Å². The standard InChI is InChI=1S/C6H10F3NO3/c7-6(8,9)4(5(12)13)3-10-1-2-11/h4,10-11H,1-3H2,(H,12,13). The van der Waals surface area contributed by atoms with E-state index in [1.807, 2.05) is 0 Å². The van der Waals surface area contributed by atoms with Crippen LogP contribution in [0.15, 0.2) is 0 Å². The molecule has 0 fully saturated rings. The lowest BCUT2D eigenvalue weighted by atomic mass is 10.1. The number of carbonyl (C=O) groups is 1. The molecule has 0 rings (SSSR count). The first-order chi connectivity index (χ1) is 5.89. The minimum absolute atomic E-state index is 0.0557. The molecule has 4 nitrogen and oxygen atoms in total. The number of aliphatic hydroxyl groups excluding tert-OH is 1. The Morgan fingerprint density at radius 2 is 2.00 bits per heavy atom. The molecule has 0 aliphatic rings. The van der Waals surface area contributed by atoms with Crippen molar-refractivity contribution >= 4 is 5.97 Å². The van der Waals surface area contributed by atoms with Crippen molar-refractivity contribution in [2.75, 3.05) is 19.7 Å². The molecule has 0 amide bonds. The number of aliphatic hydroxyl groups is 1. The first kappa shape index (κ1) is 12.2. The Morgan fingerprint density at radius 1 is 1.46 bits per heavy atom. The topological polar surface area (TPSA) is 69.6 Å². The summed E-state index contributed by atoms with van der Waals surface area (Å²) in [6.07, 6.45) is -4.76. The van der Waals surface area contributed by atoms with Crippen molar-refractivity contribution in [2.24, 2.45) is 5.92 Å². The summed E-state index contributed by atoms with van der Waals surface area (Å²) in [5, 5.41) is 18.6. The molecular formula is C6H10F3NO3. The van der Waals surface area contributed by atoms with E-state index in [-0.39, 0.29) is 13.2 Å². The maximum atomic E-state index is 11.9. The molecule has 0 aliphatic carbocycles. The van der Waals surface area contributed by atoms with Gasteiger partial charge in [-0.05, 0) is 0 Å². The van der Waals surface area contributed by atoms with Gasteiger partial charge in [-0.1, -0.05) is 0 Å². The molecule has 0 aromatic carbocycles. The largest absolute Gasteiger partial charge is 0.481 e. The molecule has 7 heteroatoms. The van der Waals surface area contributed by atoms with Crippen LogP contribution in [0.4, 0.5) is 13.2 Å². The second kappa shape index (κ2) is 5.03. The summed E-state index contributed by atoms with van der Waals surface area (Å²) in [4.78, 5) is 10.1. The molecule has 1 atom stereocenters. The van der Waals surface area contributed by atoms with Crippen LogP contribution in [0.2, 0.25) is 0 Å². The summed E-state index contributed by atoms with van der Waals surface area (Å²) in [5.41, 5.74) is 0. The fourth-order valence-corrected chi connectivity index (χ4v) is 0.669. The highest BCUT2D eigenvalue weighted by Crippen LogP contribution is 2.25. The lowest BCUT2D eigenvalue weighted by Gasteiger charge is -2.15. The van der Waals surface area contributed by atoms with Crippen molar-refractivity contribution in [3.63, 3.8) is 0 Å². The highest BCUT2D eigenvalue weighted by atomic mass is 19.4. The third-order valence-corrected chi connectivity index (χ3v) is 1.33. The first-order valence-corrected chi connectivity index (χ1v) is 3.50. The zero-order valence-corrected chi connectivity index (χ0v) is 6.64. The molecule has 0 heterocycles. The molecule has 0 bridgehead atoms. The van der Waals surface area contributed by atoms with Crippen molar-refractivity contribution in [1.82, 2.24) is 5.32 Å². The van der Waals surface area contributed by atoms with Gasteiger partial charge < -0.3 is 15.5 Å². The third-order valence-electron chi connectivity index (χ3n) is 1.33. The second-order valence-electron chi connectivity index (χ2n) is 2.36. The van der Waals surface area contributed by atoms with Crippen LogP contribution in [0.25, 0.3) is 0 Å². The van der Waals surface area contributed by atoms with Crippen molar-refractivity contribution in [3.05, 3.63) is 0 Å². The van der Waals surface area contributed by atoms with Crippen LogP contribution in [0.5, 0.6) is 0 Å². The van der Waals surface area contributed by atoms with E-state index in [2.05, 4.69) is 5.32 Å². The minimum atomic E-state index is -4.76. The zero-order chi connectivity index (χ0) is 10.5. The maximum Gasteiger partial charge on any atom is 0.403 e. The fraction of sp³-hybridized carbons (Fsp3) is 0.833. The summed E-state index contributed by atoms with van der Waals surface area (Å²) in [6.45, 7) is -1.11. The highest BCUT2D eigenvalue weighted by Gasteiger charge is 2.44. The average molecular weight is 201 g/mol. The molecule has 13 heavy (non-hydrogen) atoms. The van der Waals surface area contributed by atoms with Gasteiger partial charge in [0.1, 0.15) is 0 Å².